The van der Waals surface area contributed by atoms with Crippen molar-refractivity contribution in [1.29, 1.82) is 0 Å². The van der Waals surface area contributed by atoms with Crippen LogP contribution >= 0.6 is 34.4 Å². The molecule has 0 spiro atoms. The highest BCUT2D eigenvalue weighted by Crippen LogP contribution is 2.32. The number of rotatable bonds is 5. The molecule has 7 nitrogen and oxygen atoms in total. The summed E-state index contributed by atoms with van der Waals surface area (Å²) in [6.45, 7) is 5.58. The van der Waals surface area contributed by atoms with Gasteiger partial charge in [0.05, 0.1) is 15.9 Å². The summed E-state index contributed by atoms with van der Waals surface area (Å²) in [5.74, 6) is 0.475. The number of hydrogen-bond donors (Lipinski definition) is 1. The maximum atomic E-state index is 12.1. The molecule has 0 saturated carbocycles. The Labute approximate surface area is 172 Å². The molecule has 3 heterocycles. The minimum atomic E-state index is -0.167. The van der Waals surface area contributed by atoms with Crippen molar-refractivity contribution in [1.82, 2.24) is 19.6 Å². The van der Waals surface area contributed by atoms with Gasteiger partial charge in [-0.1, -0.05) is 36.9 Å². The van der Waals surface area contributed by atoms with Crippen molar-refractivity contribution in [2.75, 3.05) is 5.32 Å². The van der Waals surface area contributed by atoms with Gasteiger partial charge in [-0.2, -0.15) is 9.61 Å². The fourth-order valence-corrected chi connectivity index (χ4v) is 5.26. The largest absolute Gasteiger partial charge is 0.326 e. The standard InChI is InChI=1S/C18H17N5O2S3/c1-9(2)16(25)19-11-4-5-13-14(6-11)28-18(21-13)26-8-12-7-15(24)23-17(20-12)27-10(3)22-23/h4-7,9H,8H2,1-3H3,(H,19,25). The number of fused-ring (bicyclic) bond motifs is 2. The number of hydrogen-bond acceptors (Lipinski definition) is 8. The molecule has 0 aliphatic heterocycles. The molecule has 0 atom stereocenters. The van der Waals surface area contributed by atoms with Crippen LogP contribution in [0.25, 0.3) is 15.2 Å². The monoisotopic (exact) mass is 431 g/mol. The normalized spacial score (nSPS) is 11.6. The molecule has 0 radical (unpaired) electrons. The van der Waals surface area contributed by atoms with Crippen LogP contribution < -0.4 is 10.9 Å². The van der Waals surface area contributed by atoms with Crippen LogP contribution in [0.2, 0.25) is 0 Å². The molecule has 1 amide bonds. The highest BCUT2D eigenvalue weighted by Gasteiger charge is 2.11. The summed E-state index contributed by atoms with van der Waals surface area (Å²) in [6, 6.07) is 7.22. The number of carbonyl (C=O) groups excluding carboxylic acids is 1. The summed E-state index contributed by atoms with van der Waals surface area (Å²) >= 11 is 4.50. The van der Waals surface area contributed by atoms with E-state index in [1.54, 1.807) is 23.1 Å². The number of benzene rings is 1. The van der Waals surface area contributed by atoms with E-state index < -0.39 is 0 Å². The molecule has 0 unspecified atom stereocenters. The Morgan fingerprint density at radius 2 is 2.07 bits per heavy atom. The number of carbonyl (C=O) groups is 1. The summed E-state index contributed by atoms with van der Waals surface area (Å²) < 4.78 is 3.23. The second-order valence-electron chi connectivity index (χ2n) is 6.50. The van der Waals surface area contributed by atoms with E-state index in [9.17, 15) is 9.59 Å². The SMILES string of the molecule is Cc1nn2c(=O)cc(CSc3nc4ccc(NC(=O)C(C)C)cc4s3)nc2s1. The van der Waals surface area contributed by atoms with Crippen LogP contribution in [0.4, 0.5) is 5.69 Å². The highest BCUT2D eigenvalue weighted by atomic mass is 32.2. The zero-order chi connectivity index (χ0) is 19.8. The van der Waals surface area contributed by atoms with Gasteiger partial charge in [-0.05, 0) is 25.1 Å². The molecular formula is C18H17N5O2S3. The van der Waals surface area contributed by atoms with Crippen LogP contribution in [0.15, 0.2) is 33.4 Å². The lowest BCUT2D eigenvalue weighted by Crippen LogP contribution is -2.17. The third-order valence-electron chi connectivity index (χ3n) is 3.90. The lowest BCUT2D eigenvalue weighted by Gasteiger charge is -2.06. The molecule has 4 rings (SSSR count). The van der Waals surface area contributed by atoms with Crippen molar-refractivity contribution in [2.24, 2.45) is 5.92 Å². The van der Waals surface area contributed by atoms with Crippen molar-refractivity contribution < 1.29 is 4.79 Å². The second kappa shape index (κ2) is 7.61. The number of aromatic nitrogens is 4. The molecule has 0 aliphatic carbocycles. The van der Waals surface area contributed by atoms with Gasteiger partial charge in [0, 0.05) is 23.4 Å². The van der Waals surface area contributed by atoms with Crippen molar-refractivity contribution >= 4 is 61.2 Å². The summed E-state index contributed by atoms with van der Waals surface area (Å²) in [7, 11) is 0. The van der Waals surface area contributed by atoms with Crippen LogP contribution in [0.1, 0.15) is 24.5 Å². The predicted molar refractivity (Wildman–Crippen MR) is 115 cm³/mol. The predicted octanol–water partition coefficient (Wildman–Crippen LogP) is 3.96. The molecule has 144 valence electrons. The van der Waals surface area contributed by atoms with Gasteiger partial charge in [0.25, 0.3) is 5.56 Å². The average molecular weight is 432 g/mol. The van der Waals surface area contributed by atoms with Gasteiger partial charge in [-0.3, -0.25) is 9.59 Å². The van der Waals surface area contributed by atoms with Crippen molar-refractivity contribution in [2.45, 2.75) is 30.9 Å². The number of thiazole rings is 1. The van der Waals surface area contributed by atoms with Crippen molar-refractivity contribution in [3.8, 4) is 0 Å². The van der Waals surface area contributed by atoms with Gasteiger partial charge in [0.15, 0.2) is 4.34 Å². The number of nitrogens with one attached hydrogen (secondary N) is 1. The lowest BCUT2D eigenvalue weighted by atomic mass is 10.2. The smallest absolute Gasteiger partial charge is 0.275 e. The number of anilines is 1. The Hall–Kier alpha value is -2.30. The molecule has 0 bridgehead atoms. The van der Waals surface area contributed by atoms with E-state index in [1.807, 2.05) is 39.0 Å². The van der Waals surface area contributed by atoms with E-state index in [0.29, 0.717) is 16.4 Å². The number of aryl methyl sites for hydroxylation is 1. The zero-order valence-corrected chi connectivity index (χ0v) is 17.9. The molecule has 0 saturated heterocycles. The molecule has 0 aliphatic rings. The van der Waals surface area contributed by atoms with Crippen LogP contribution in [0.5, 0.6) is 0 Å². The maximum absolute atomic E-state index is 12.1. The number of amides is 1. The van der Waals surface area contributed by atoms with Crippen LogP contribution in [0, 0.1) is 12.8 Å². The Bertz CT molecular complexity index is 1240. The van der Waals surface area contributed by atoms with Gasteiger partial charge in [0.2, 0.25) is 10.9 Å². The molecular weight excluding hydrogens is 414 g/mol. The number of thioether (sulfide) groups is 1. The Morgan fingerprint density at radius 3 is 2.86 bits per heavy atom. The van der Waals surface area contributed by atoms with E-state index in [1.165, 1.54) is 21.9 Å². The fourth-order valence-electron chi connectivity index (χ4n) is 2.49. The van der Waals surface area contributed by atoms with Gasteiger partial charge >= 0.3 is 0 Å². The average Bonchev–Trinajstić information content (AvgIpc) is 3.22. The second-order valence-corrected chi connectivity index (χ2v) is 9.91. The molecule has 0 fully saturated rings. The minimum Gasteiger partial charge on any atom is -0.326 e. The summed E-state index contributed by atoms with van der Waals surface area (Å²) in [5, 5.41) is 7.87. The molecule has 4 aromatic rings. The Kier molecular flexibility index (Phi) is 5.17. The summed E-state index contributed by atoms with van der Waals surface area (Å²) in [6.07, 6.45) is 0. The van der Waals surface area contributed by atoms with Crippen LogP contribution in [-0.2, 0) is 10.5 Å². The van der Waals surface area contributed by atoms with E-state index in [4.69, 9.17) is 0 Å². The zero-order valence-electron chi connectivity index (χ0n) is 15.4. The van der Waals surface area contributed by atoms with Crippen molar-refractivity contribution in [3.05, 3.63) is 45.3 Å². The Morgan fingerprint density at radius 1 is 1.25 bits per heavy atom. The van der Waals surface area contributed by atoms with E-state index in [-0.39, 0.29) is 17.4 Å². The molecule has 1 N–H and O–H groups in total. The fraction of sp³-hybridized carbons (Fsp3) is 0.278. The third-order valence-corrected chi connectivity index (χ3v) is 6.92. The molecule has 3 aromatic heterocycles. The summed E-state index contributed by atoms with van der Waals surface area (Å²) in [5.41, 5.74) is 2.20. The summed E-state index contributed by atoms with van der Waals surface area (Å²) in [4.78, 5) is 33.8. The van der Waals surface area contributed by atoms with E-state index in [0.717, 1.165) is 25.3 Å². The quantitative estimate of drug-likeness (QED) is 0.481. The molecule has 10 heteroatoms. The van der Waals surface area contributed by atoms with Crippen LogP contribution in [0.3, 0.4) is 0 Å². The van der Waals surface area contributed by atoms with Gasteiger partial charge in [-0.15, -0.1) is 11.3 Å². The van der Waals surface area contributed by atoms with Gasteiger partial charge in [0.1, 0.15) is 5.01 Å². The molecule has 28 heavy (non-hydrogen) atoms. The van der Waals surface area contributed by atoms with E-state index >= 15 is 0 Å². The third kappa shape index (κ3) is 3.94. The first kappa shape index (κ1) is 19.0. The molecule has 1 aromatic carbocycles. The van der Waals surface area contributed by atoms with Gasteiger partial charge in [-0.25, -0.2) is 9.97 Å². The lowest BCUT2D eigenvalue weighted by molar-refractivity contribution is -0.118. The first-order valence-electron chi connectivity index (χ1n) is 8.60. The first-order chi connectivity index (χ1) is 13.4. The maximum Gasteiger partial charge on any atom is 0.275 e. The Balaban J connectivity index is 1.52. The topological polar surface area (TPSA) is 89.3 Å². The van der Waals surface area contributed by atoms with Gasteiger partial charge < -0.3 is 5.32 Å². The van der Waals surface area contributed by atoms with E-state index in [2.05, 4.69) is 20.4 Å². The highest BCUT2D eigenvalue weighted by molar-refractivity contribution is 8.00. The van der Waals surface area contributed by atoms with Crippen molar-refractivity contribution in [3.63, 3.8) is 0 Å². The number of nitrogens with zero attached hydrogens (tertiary/aromatic N) is 4. The minimum absolute atomic E-state index is 0.00970. The first-order valence-corrected chi connectivity index (χ1v) is 11.2. The van der Waals surface area contributed by atoms with Crippen LogP contribution in [-0.4, -0.2) is 25.5 Å².